The third kappa shape index (κ3) is 4.63. The highest BCUT2D eigenvalue weighted by molar-refractivity contribution is 5.89. The molecule has 1 fully saturated rings. The van der Waals surface area contributed by atoms with Crippen molar-refractivity contribution in [2.45, 2.75) is 32.7 Å². The van der Waals surface area contributed by atoms with E-state index >= 15 is 0 Å². The van der Waals surface area contributed by atoms with Crippen molar-refractivity contribution in [2.75, 3.05) is 32.1 Å². The number of benzene rings is 1. The summed E-state index contributed by atoms with van der Waals surface area (Å²) in [5, 5.41) is 5.93. The van der Waals surface area contributed by atoms with E-state index in [2.05, 4.69) is 22.6 Å². The van der Waals surface area contributed by atoms with E-state index in [1.54, 1.807) is 0 Å². The van der Waals surface area contributed by atoms with Gasteiger partial charge in [-0.3, -0.25) is 0 Å². The van der Waals surface area contributed by atoms with Crippen LogP contribution in [0.5, 0.6) is 5.75 Å². The van der Waals surface area contributed by atoms with E-state index in [-0.39, 0.29) is 12.1 Å². The van der Waals surface area contributed by atoms with Crippen LogP contribution in [-0.4, -0.2) is 43.7 Å². The van der Waals surface area contributed by atoms with Crippen molar-refractivity contribution in [3.8, 4) is 5.75 Å². The Morgan fingerprint density at radius 3 is 2.71 bits per heavy atom. The van der Waals surface area contributed by atoms with E-state index in [0.29, 0.717) is 6.61 Å². The molecule has 2 rings (SSSR count). The summed E-state index contributed by atoms with van der Waals surface area (Å²) in [6.07, 6.45) is 2.01. The summed E-state index contributed by atoms with van der Waals surface area (Å²) >= 11 is 0. The van der Waals surface area contributed by atoms with Crippen LogP contribution in [-0.2, 0) is 0 Å². The predicted octanol–water partition coefficient (Wildman–Crippen LogP) is 2.61. The first kappa shape index (κ1) is 15.6. The fraction of sp³-hybridized carbons (Fsp3) is 0.562. The Kier molecular flexibility index (Phi) is 5.44. The lowest BCUT2D eigenvalue weighted by atomic mass is 10.1. The number of rotatable bonds is 4. The van der Waals surface area contributed by atoms with Gasteiger partial charge in [-0.15, -0.1) is 0 Å². The Morgan fingerprint density at radius 2 is 2.10 bits per heavy atom. The molecule has 0 aromatic heterocycles. The molecule has 1 saturated heterocycles. The van der Waals surface area contributed by atoms with Crippen molar-refractivity contribution in [1.29, 1.82) is 0 Å². The summed E-state index contributed by atoms with van der Waals surface area (Å²) in [6.45, 7) is 6.65. The number of amides is 2. The molecule has 0 saturated carbocycles. The summed E-state index contributed by atoms with van der Waals surface area (Å²) in [4.78, 5) is 14.3. The second kappa shape index (κ2) is 7.31. The standard InChI is InChI=1S/C16H25N3O2/c1-4-21-15-6-5-14(11-12(15)2)18-16(20)17-13-7-9-19(3)10-8-13/h5-6,11,13H,4,7-10H2,1-3H3,(H2,17,18,20). The minimum atomic E-state index is -0.131. The molecule has 0 atom stereocenters. The maximum atomic E-state index is 12.0. The molecule has 1 aromatic rings. The molecule has 0 spiro atoms. The zero-order valence-corrected chi connectivity index (χ0v) is 13.1. The van der Waals surface area contributed by atoms with Gasteiger partial charge in [0.2, 0.25) is 0 Å². The third-order valence-electron chi connectivity index (χ3n) is 3.79. The number of urea groups is 1. The van der Waals surface area contributed by atoms with Crippen LogP contribution in [0.2, 0.25) is 0 Å². The molecule has 1 aliphatic rings. The topological polar surface area (TPSA) is 53.6 Å². The molecule has 0 unspecified atom stereocenters. The molecular formula is C16H25N3O2. The lowest BCUT2D eigenvalue weighted by Gasteiger charge is -2.29. The highest BCUT2D eigenvalue weighted by atomic mass is 16.5. The van der Waals surface area contributed by atoms with Crippen LogP contribution < -0.4 is 15.4 Å². The fourth-order valence-corrected chi connectivity index (χ4v) is 2.55. The number of hydrogen-bond donors (Lipinski definition) is 2. The molecule has 1 aromatic carbocycles. The lowest BCUT2D eigenvalue weighted by molar-refractivity contribution is 0.221. The summed E-state index contributed by atoms with van der Waals surface area (Å²) in [5.74, 6) is 0.860. The molecule has 116 valence electrons. The van der Waals surface area contributed by atoms with Crippen molar-refractivity contribution < 1.29 is 9.53 Å². The molecule has 0 aliphatic carbocycles. The van der Waals surface area contributed by atoms with E-state index in [1.807, 2.05) is 32.0 Å². The van der Waals surface area contributed by atoms with Crippen LogP contribution in [0.1, 0.15) is 25.3 Å². The van der Waals surface area contributed by atoms with Gasteiger partial charge in [-0.25, -0.2) is 4.79 Å². The van der Waals surface area contributed by atoms with Gasteiger partial charge in [0.25, 0.3) is 0 Å². The molecule has 0 bridgehead atoms. The Balaban J connectivity index is 1.86. The fourth-order valence-electron chi connectivity index (χ4n) is 2.55. The number of hydrogen-bond acceptors (Lipinski definition) is 3. The van der Waals surface area contributed by atoms with E-state index in [4.69, 9.17) is 4.74 Å². The first-order valence-electron chi connectivity index (χ1n) is 7.58. The van der Waals surface area contributed by atoms with Crippen molar-refractivity contribution in [2.24, 2.45) is 0 Å². The molecule has 5 heteroatoms. The minimum Gasteiger partial charge on any atom is -0.494 e. The highest BCUT2D eigenvalue weighted by Crippen LogP contribution is 2.21. The monoisotopic (exact) mass is 291 g/mol. The van der Waals surface area contributed by atoms with Gasteiger partial charge in [-0.2, -0.15) is 0 Å². The molecule has 0 radical (unpaired) electrons. The van der Waals surface area contributed by atoms with Crippen LogP contribution >= 0.6 is 0 Å². The number of carbonyl (C=O) groups excluding carboxylic acids is 1. The van der Waals surface area contributed by atoms with Crippen molar-refractivity contribution in [3.05, 3.63) is 23.8 Å². The van der Waals surface area contributed by atoms with Crippen molar-refractivity contribution in [3.63, 3.8) is 0 Å². The van der Waals surface area contributed by atoms with Crippen LogP contribution in [0.15, 0.2) is 18.2 Å². The lowest BCUT2D eigenvalue weighted by Crippen LogP contribution is -2.44. The van der Waals surface area contributed by atoms with E-state index in [0.717, 1.165) is 42.9 Å². The van der Waals surface area contributed by atoms with Gasteiger partial charge in [0.1, 0.15) is 5.75 Å². The second-order valence-corrected chi connectivity index (χ2v) is 5.59. The van der Waals surface area contributed by atoms with Crippen LogP contribution in [0, 0.1) is 6.92 Å². The van der Waals surface area contributed by atoms with E-state index < -0.39 is 0 Å². The first-order valence-corrected chi connectivity index (χ1v) is 7.58. The summed E-state index contributed by atoms with van der Waals surface area (Å²) in [5.41, 5.74) is 1.82. The van der Waals surface area contributed by atoms with E-state index in [9.17, 15) is 4.79 Å². The average Bonchev–Trinajstić information content (AvgIpc) is 2.44. The average molecular weight is 291 g/mol. The number of carbonyl (C=O) groups is 1. The molecule has 1 heterocycles. The summed E-state index contributed by atoms with van der Waals surface area (Å²) < 4.78 is 5.50. The third-order valence-corrected chi connectivity index (χ3v) is 3.79. The van der Waals surface area contributed by atoms with Gasteiger partial charge in [0.15, 0.2) is 0 Å². The number of piperidine rings is 1. The number of nitrogens with zero attached hydrogens (tertiary/aromatic N) is 1. The normalized spacial score (nSPS) is 16.5. The summed E-state index contributed by atoms with van der Waals surface area (Å²) in [7, 11) is 2.11. The van der Waals surface area contributed by atoms with Gasteiger partial charge in [-0.1, -0.05) is 0 Å². The SMILES string of the molecule is CCOc1ccc(NC(=O)NC2CCN(C)CC2)cc1C. The largest absolute Gasteiger partial charge is 0.494 e. The first-order chi connectivity index (χ1) is 10.1. The van der Waals surface area contributed by atoms with Gasteiger partial charge in [-0.05, 0) is 70.6 Å². The second-order valence-electron chi connectivity index (χ2n) is 5.59. The number of aryl methyl sites for hydroxylation is 1. The Bertz CT molecular complexity index is 482. The maximum Gasteiger partial charge on any atom is 0.319 e. The van der Waals surface area contributed by atoms with Crippen molar-refractivity contribution >= 4 is 11.7 Å². The molecular weight excluding hydrogens is 266 g/mol. The quantitative estimate of drug-likeness (QED) is 0.896. The number of likely N-dealkylation sites (tertiary alicyclic amines) is 1. The van der Waals surface area contributed by atoms with Gasteiger partial charge in [0.05, 0.1) is 6.61 Å². The minimum absolute atomic E-state index is 0.131. The smallest absolute Gasteiger partial charge is 0.319 e. The predicted molar refractivity (Wildman–Crippen MR) is 85.0 cm³/mol. The Hall–Kier alpha value is -1.75. The van der Waals surface area contributed by atoms with Gasteiger partial charge in [0, 0.05) is 11.7 Å². The molecule has 5 nitrogen and oxygen atoms in total. The molecule has 2 N–H and O–H groups in total. The number of ether oxygens (including phenoxy) is 1. The van der Waals surface area contributed by atoms with Crippen LogP contribution in [0.3, 0.4) is 0 Å². The molecule has 21 heavy (non-hydrogen) atoms. The maximum absolute atomic E-state index is 12.0. The Labute approximate surface area is 126 Å². The zero-order valence-electron chi connectivity index (χ0n) is 13.1. The van der Waals surface area contributed by atoms with Gasteiger partial charge < -0.3 is 20.3 Å². The Morgan fingerprint density at radius 1 is 1.38 bits per heavy atom. The van der Waals surface area contributed by atoms with E-state index in [1.165, 1.54) is 0 Å². The number of anilines is 1. The highest BCUT2D eigenvalue weighted by Gasteiger charge is 2.18. The molecule has 1 aliphatic heterocycles. The molecule has 2 amide bonds. The van der Waals surface area contributed by atoms with Gasteiger partial charge >= 0.3 is 6.03 Å². The van der Waals surface area contributed by atoms with Crippen molar-refractivity contribution in [1.82, 2.24) is 10.2 Å². The van der Waals surface area contributed by atoms with Crippen LogP contribution in [0.4, 0.5) is 10.5 Å². The zero-order chi connectivity index (χ0) is 15.2. The summed E-state index contributed by atoms with van der Waals surface area (Å²) in [6, 6.07) is 5.83. The number of nitrogens with one attached hydrogen (secondary N) is 2. The van der Waals surface area contributed by atoms with Crippen LogP contribution in [0.25, 0.3) is 0 Å².